The molecule has 0 aliphatic rings. The van der Waals surface area contributed by atoms with E-state index in [1.54, 1.807) is 13.0 Å². The van der Waals surface area contributed by atoms with Gasteiger partial charge in [0.25, 0.3) is 5.69 Å². The molecule has 0 aromatic heterocycles. The Labute approximate surface area is 75.3 Å². The molecule has 2 N–H and O–H groups in total. The van der Waals surface area contributed by atoms with Crippen molar-refractivity contribution in [2.75, 3.05) is 12.8 Å². The standard InChI is InChI=1S/C8H10N2O3/c1-5-7(9)3-6(13-2)4-8(5)10(11)12/h3-4H,9H2,1-2H3. The van der Waals surface area contributed by atoms with Crippen molar-refractivity contribution in [1.82, 2.24) is 0 Å². The lowest BCUT2D eigenvalue weighted by Crippen LogP contribution is -1.98. The van der Waals surface area contributed by atoms with E-state index in [-0.39, 0.29) is 5.69 Å². The lowest BCUT2D eigenvalue weighted by Gasteiger charge is -2.04. The number of nitrogens with zero attached hydrogens (tertiary/aromatic N) is 1. The van der Waals surface area contributed by atoms with Crippen LogP contribution in [0.4, 0.5) is 11.4 Å². The lowest BCUT2D eigenvalue weighted by atomic mass is 10.1. The second-order valence-corrected chi connectivity index (χ2v) is 2.62. The quantitative estimate of drug-likeness (QED) is 0.427. The predicted molar refractivity (Wildman–Crippen MR) is 48.8 cm³/mol. The van der Waals surface area contributed by atoms with Crippen LogP contribution in [0.5, 0.6) is 5.75 Å². The molecule has 0 saturated carbocycles. The summed E-state index contributed by atoms with van der Waals surface area (Å²) < 4.78 is 4.86. The van der Waals surface area contributed by atoms with E-state index in [9.17, 15) is 10.1 Å². The van der Waals surface area contributed by atoms with Crippen LogP contribution < -0.4 is 10.5 Å². The Morgan fingerprint density at radius 2 is 2.15 bits per heavy atom. The van der Waals surface area contributed by atoms with E-state index in [1.165, 1.54) is 13.2 Å². The minimum Gasteiger partial charge on any atom is -0.496 e. The van der Waals surface area contributed by atoms with E-state index in [2.05, 4.69) is 0 Å². The molecule has 0 atom stereocenters. The zero-order valence-electron chi connectivity index (χ0n) is 7.40. The minimum atomic E-state index is -0.478. The van der Waals surface area contributed by atoms with Crippen LogP contribution >= 0.6 is 0 Å². The lowest BCUT2D eigenvalue weighted by molar-refractivity contribution is -0.385. The van der Waals surface area contributed by atoms with Gasteiger partial charge < -0.3 is 10.5 Å². The Kier molecular flexibility index (Phi) is 2.36. The molecule has 5 nitrogen and oxygen atoms in total. The number of hydrogen-bond donors (Lipinski definition) is 1. The molecule has 0 heterocycles. The van der Waals surface area contributed by atoms with Gasteiger partial charge in [0.15, 0.2) is 0 Å². The number of nitro benzene ring substituents is 1. The molecule has 1 rings (SSSR count). The van der Waals surface area contributed by atoms with E-state index in [0.29, 0.717) is 17.0 Å². The number of hydrogen-bond acceptors (Lipinski definition) is 4. The fourth-order valence-corrected chi connectivity index (χ4v) is 1.00. The fraction of sp³-hybridized carbons (Fsp3) is 0.250. The first kappa shape index (κ1) is 9.31. The van der Waals surface area contributed by atoms with Crippen LogP contribution in [0.3, 0.4) is 0 Å². The SMILES string of the molecule is COc1cc(N)c(C)c([N+](=O)[O-])c1. The highest BCUT2D eigenvalue weighted by Crippen LogP contribution is 2.29. The molecule has 0 bridgehead atoms. The van der Waals surface area contributed by atoms with Gasteiger partial charge in [-0.05, 0) is 6.92 Å². The summed E-state index contributed by atoms with van der Waals surface area (Å²) in [4.78, 5) is 10.1. The van der Waals surface area contributed by atoms with Crippen molar-refractivity contribution in [2.24, 2.45) is 0 Å². The molecule has 0 unspecified atom stereocenters. The maximum atomic E-state index is 10.5. The summed E-state index contributed by atoms with van der Waals surface area (Å²) in [5.74, 6) is 0.398. The summed E-state index contributed by atoms with van der Waals surface area (Å²) in [6.07, 6.45) is 0. The first-order valence-corrected chi connectivity index (χ1v) is 3.64. The number of anilines is 1. The molecule has 0 radical (unpaired) electrons. The number of nitro groups is 1. The maximum absolute atomic E-state index is 10.5. The van der Waals surface area contributed by atoms with Gasteiger partial charge in [-0.3, -0.25) is 10.1 Å². The zero-order valence-corrected chi connectivity index (χ0v) is 7.40. The monoisotopic (exact) mass is 182 g/mol. The van der Waals surface area contributed by atoms with Crippen molar-refractivity contribution in [3.05, 3.63) is 27.8 Å². The molecule has 0 aliphatic carbocycles. The van der Waals surface area contributed by atoms with Crippen LogP contribution in [0.15, 0.2) is 12.1 Å². The third-order valence-electron chi connectivity index (χ3n) is 1.83. The molecule has 0 amide bonds. The van der Waals surface area contributed by atoms with Crippen LogP contribution in [0, 0.1) is 17.0 Å². The highest BCUT2D eigenvalue weighted by molar-refractivity contribution is 5.61. The van der Waals surface area contributed by atoms with Crippen LogP contribution in [0.2, 0.25) is 0 Å². The van der Waals surface area contributed by atoms with E-state index in [1.807, 2.05) is 0 Å². The smallest absolute Gasteiger partial charge is 0.278 e. The Morgan fingerprint density at radius 3 is 2.62 bits per heavy atom. The van der Waals surface area contributed by atoms with E-state index < -0.39 is 4.92 Å². The predicted octanol–water partition coefficient (Wildman–Crippen LogP) is 1.49. The van der Waals surface area contributed by atoms with Crippen LogP contribution in [-0.2, 0) is 0 Å². The maximum Gasteiger partial charge on any atom is 0.278 e. The average Bonchev–Trinajstić information content (AvgIpc) is 2.09. The molecule has 0 saturated heterocycles. The molecule has 0 fully saturated rings. The average molecular weight is 182 g/mol. The first-order chi connectivity index (χ1) is 6.06. The second-order valence-electron chi connectivity index (χ2n) is 2.62. The van der Waals surface area contributed by atoms with E-state index in [4.69, 9.17) is 10.5 Å². The number of nitrogens with two attached hydrogens (primary N) is 1. The van der Waals surface area contributed by atoms with Crippen molar-refractivity contribution < 1.29 is 9.66 Å². The van der Waals surface area contributed by atoms with Gasteiger partial charge in [0.05, 0.1) is 18.1 Å². The topological polar surface area (TPSA) is 78.4 Å². The largest absolute Gasteiger partial charge is 0.496 e. The molecular weight excluding hydrogens is 172 g/mol. The van der Waals surface area contributed by atoms with Gasteiger partial charge >= 0.3 is 0 Å². The third kappa shape index (κ3) is 1.69. The molecule has 5 heteroatoms. The van der Waals surface area contributed by atoms with Crippen molar-refractivity contribution in [2.45, 2.75) is 6.92 Å². The molecule has 1 aromatic rings. The number of rotatable bonds is 2. The first-order valence-electron chi connectivity index (χ1n) is 3.64. The van der Waals surface area contributed by atoms with Gasteiger partial charge in [-0.2, -0.15) is 0 Å². The zero-order chi connectivity index (χ0) is 10.0. The van der Waals surface area contributed by atoms with Crippen molar-refractivity contribution in [3.8, 4) is 5.75 Å². The molecular formula is C8H10N2O3. The molecule has 1 aromatic carbocycles. The van der Waals surface area contributed by atoms with E-state index in [0.717, 1.165) is 0 Å². The van der Waals surface area contributed by atoms with Gasteiger partial charge in [0, 0.05) is 17.3 Å². The summed E-state index contributed by atoms with van der Waals surface area (Å²) in [5, 5.41) is 10.5. The Morgan fingerprint density at radius 1 is 1.54 bits per heavy atom. The summed E-state index contributed by atoms with van der Waals surface area (Å²) in [7, 11) is 1.44. The second kappa shape index (κ2) is 3.30. The van der Waals surface area contributed by atoms with Gasteiger partial charge in [0.1, 0.15) is 5.75 Å². The van der Waals surface area contributed by atoms with Gasteiger partial charge in [-0.15, -0.1) is 0 Å². The number of benzene rings is 1. The molecule has 70 valence electrons. The van der Waals surface area contributed by atoms with Gasteiger partial charge in [-0.1, -0.05) is 0 Å². The minimum absolute atomic E-state index is 0.0168. The van der Waals surface area contributed by atoms with Crippen LogP contribution in [0.1, 0.15) is 5.56 Å². The highest BCUT2D eigenvalue weighted by atomic mass is 16.6. The van der Waals surface area contributed by atoms with Crippen molar-refractivity contribution in [1.29, 1.82) is 0 Å². The van der Waals surface area contributed by atoms with E-state index >= 15 is 0 Å². The molecule has 13 heavy (non-hydrogen) atoms. The van der Waals surface area contributed by atoms with Crippen molar-refractivity contribution in [3.63, 3.8) is 0 Å². The number of methoxy groups -OCH3 is 1. The summed E-state index contributed by atoms with van der Waals surface area (Å²) in [6.45, 7) is 1.60. The van der Waals surface area contributed by atoms with Gasteiger partial charge in [-0.25, -0.2) is 0 Å². The van der Waals surface area contributed by atoms with Gasteiger partial charge in [0.2, 0.25) is 0 Å². The summed E-state index contributed by atoms with van der Waals surface area (Å²) >= 11 is 0. The Balaban J connectivity index is 3.33. The summed E-state index contributed by atoms with van der Waals surface area (Å²) in [5.41, 5.74) is 6.36. The van der Waals surface area contributed by atoms with Crippen molar-refractivity contribution >= 4 is 11.4 Å². The van der Waals surface area contributed by atoms with Crippen LogP contribution in [-0.4, -0.2) is 12.0 Å². The Bertz CT molecular complexity index is 349. The molecule has 0 aliphatic heterocycles. The third-order valence-corrected chi connectivity index (χ3v) is 1.83. The highest BCUT2D eigenvalue weighted by Gasteiger charge is 2.14. The fourth-order valence-electron chi connectivity index (χ4n) is 1.00. The number of nitrogen functional groups attached to an aromatic ring is 1. The normalized spacial score (nSPS) is 9.69. The number of ether oxygens (including phenoxy) is 1. The van der Waals surface area contributed by atoms with Crippen LogP contribution in [0.25, 0.3) is 0 Å². The Hall–Kier alpha value is -1.78. The summed E-state index contributed by atoms with van der Waals surface area (Å²) in [6, 6.07) is 2.91. The molecule has 0 spiro atoms.